The number of carbonyl (C=O) groups excluding carboxylic acids is 1. The van der Waals surface area contributed by atoms with Crippen LogP contribution in [0.2, 0.25) is 0 Å². The minimum atomic E-state index is -0.0822. The molecule has 1 amide bonds. The lowest BCUT2D eigenvalue weighted by Crippen LogP contribution is -2.47. The maximum absolute atomic E-state index is 11.9. The molecule has 0 aromatic rings. The Hall–Kier alpha value is -0.570. The van der Waals surface area contributed by atoms with Gasteiger partial charge in [-0.15, -0.1) is 0 Å². The van der Waals surface area contributed by atoms with Crippen molar-refractivity contribution in [2.75, 3.05) is 6.61 Å². The summed E-state index contributed by atoms with van der Waals surface area (Å²) in [5.74, 6) is 0.274. The molecule has 13 heavy (non-hydrogen) atoms. The summed E-state index contributed by atoms with van der Waals surface area (Å²) in [5.41, 5.74) is 0. The van der Waals surface area contributed by atoms with E-state index < -0.39 is 0 Å². The highest BCUT2D eigenvalue weighted by molar-refractivity contribution is 5.82. The van der Waals surface area contributed by atoms with E-state index in [1.165, 1.54) is 25.7 Å². The fraction of sp³-hybridized carbons (Fsp3) is 0.900. The number of hydrogen-bond donors (Lipinski definition) is 0. The van der Waals surface area contributed by atoms with Gasteiger partial charge in [0.15, 0.2) is 0 Å². The van der Waals surface area contributed by atoms with Crippen LogP contribution in [-0.2, 0) is 9.53 Å². The Morgan fingerprint density at radius 2 is 1.62 bits per heavy atom. The Morgan fingerprint density at radius 3 is 2.00 bits per heavy atom. The molecule has 3 aliphatic rings. The fourth-order valence-corrected chi connectivity index (χ4v) is 2.87. The molecule has 3 aliphatic heterocycles. The van der Waals surface area contributed by atoms with Crippen LogP contribution >= 0.6 is 0 Å². The van der Waals surface area contributed by atoms with Crippen LogP contribution in [0, 0.1) is 0 Å². The van der Waals surface area contributed by atoms with E-state index in [4.69, 9.17) is 4.74 Å². The average molecular weight is 181 g/mol. The van der Waals surface area contributed by atoms with Crippen molar-refractivity contribution in [3.63, 3.8) is 0 Å². The minimum absolute atomic E-state index is 0.0822. The number of fused-ring (bicyclic) bond motifs is 2. The number of nitrogens with zero attached hydrogens (tertiary/aromatic N) is 1. The first-order chi connectivity index (χ1) is 6.36. The van der Waals surface area contributed by atoms with E-state index in [-0.39, 0.29) is 12.0 Å². The van der Waals surface area contributed by atoms with E-state index in [1.807, 2.05) is 0 Å². The van der Waals surface area contributed by atoms with Crippen molar-refractivity contribution in [3.05, 3.63) is 0 Å². The highest BCUT2D eigenvalue weighted by atomic mass is 16.5. The van der Waals surface area contributed by atoms with E-state index >= 15 is 0 Å². The lowest BCUT2D eigenvalue weighted by Gasteiger charge is -2.32. The SMILES string of the molecule is O=C(C1CCO1)N1C2CCC1CC2. The van der Waals surface area contributed by atoms with Crippen molar-refractivity contribution < 1.29 is 9.53 Å². The second-order valence-electron chi connectivity index (χ2n) is 4.36. The summed E-state index contributed by atoms with van der Waals surface area (Å²) in [6.07, 6.45) is 5.76. The summed E-state index contributed by atoms with van der Waals surface area (Å²) in [5, 5.41) is 0. The number of amides is 1. The van der Waals surface area contributed by atoms with Crippen LogP contribution in [0.4, 0.5) is 0 Å². The van der Waals surface area contributed by atoms with E-state index in [2.05, 4.69) is 4.90 Å². The number of ether oxygens (including phenoxy) is 1. The van der Waals surface area contributed by atoms with E-state index in [0.717, 1.165) is 13.0 Å². The van der Waals surface area contributed by atoms with Gasteiger partial charge < -0.3 is 9.64 Å². The molecular weight excluding hydrogens is 166 g/mol. The number of rotatable bonds is 1. The van der Waals surface area contributed by atoms with Crippen molar-refractivity contribution in [2.24, 2.45) is 0 Å². The van der Waals surface area contributed by atoms with Crippen LogP contribution in [0.1, 0.15) is 32.1 Å². The Balaban J connectivity index is 1.74. The molecule has 1 atom stereocenters. The molecule has 3 nitrogen and oxygen atoms in total. The van der Waals surface area contributed by atoms with Gasteiger partial charge in [-0.05, 0) is 25.7 Å². The predicted molar refractivity (Wildman–Crippen MR) is 47.2 cm³/mol. The normalized spacial score (nSPS) is 42.2. The first-order valence-electron chi connectivity index (χ1n) is 5.30. The van der Waals surface area contributed by atoms with E-state index in [1.54, 1.807) is 0 Å². The molecule has 0 N–H and O–H groups in total. The lowest BCUT2D eigenvalue weighted by atomic mass is 10.0. The Labute approximate surface area is 78.0 Å². The molecule has 0 aliphatic carbocycles. The van der Waals surface area contributed by atoms with Gasteiger partial charge in [-0.25, -0.2) is 0 Å². The van der Waals surface area contributed by atoms with Gasteiger partial charge in [-0.1, -0.05) is 0 Å². The summed E-state index contributed by atoms with van der Waals surface area (Å²) in [4.78, 5) is 14.0. The van der Waals surface area contributed by atoms with Crippen LogP contribution in [-0.4, -0.2) is 35.6 Å². The van der Waals surface area contributed by atoms with Gasteiger partial charge in [0.2, 0.25) is 0 Å². The van der Waals surface area contributed by atoms with Crippen molar-refractivity contribution in [2.45, 2.75) is 50.3 Å². The molecule has 2 bridgehead atoms. The smallest absolute Gasteiger partial charge is 0.252 e. The first kappa shape index (κ1) is 7.80. The summed E-state index contributed by atoms with van der Waals surface area (Å²) in [6, 6.07) is 1.11. The second-order valence-corrected chi connectivity index (χ2v) is 4.36. The van der Waals surface area contributed by atoms with Gasteiger partial charge in [0.05, 0.1) is 6.61 Å². The van der Waals surface area contributed by atoms with Crippen molar-refractivity contribution in [3.8, 4) is 0 Å². The van der Waals surface area contributed by atoms with Crippen molar-refractivity contribution in [1.82, 2.24) is 4.90 Å². The van der Waals surface area contributed by atoms with Gasteiger partial charge in [-0.2, -0.15) is 0 Å². The maximum Gasteiger partial charge on any atom is 0.252 e. The van der Waals surface area contributed by atoms with Gasteiger partial charge in [0, 0.05) is 18.5 Å². The summed E-state index contributed by atoms with van der Waals surface area (Å²) in [7, 11) is 0. The molecule has 0 saturated carbocycles. The first-order valence-corrected chi connectivity index (χ1v) is 5.30. The third-order valence-corrected chi connectivity index (χ3v) is 3.68. The second kappa shape index (κ2) is 2.71. The standard InChI is InChI=1S/C10H15NO2/c12-10(9-5-6-13-9)11-7-1-2-8(11)4-3-7/h7-9H,1-6H2. The van der Waals surface area contributed by atoms with E-state index in [9.17, 15) is 4.79 Å². The molecule has 1 unspecified atom stereocenters. The third-order valence-electron chi connectivity index (χ3n) is 3.68. The number of carbonyl (C=O) groups is 1. The Morgan fingerprint density at radius 1 is 1.08 bits per heavy atom. The van der Waals surface area contributed by atoms with Gasteiger partial charge in [0.25, 0.3) is 5.91 Å². The Kier molecular flexibility index (Phi) is 1.62. The molecular formula is C10H15NO2. The topological polar surface area (TPSA) is 29.5 Å². The number of hydrogen-bond acceptors (Lipinski definition) is 2. The zero-order chi connectivity index (χ0) is 8.84. The summed E-state index contributed by atoms with van der Waals surface area (Å²) < 4.78 is 5.24. The molecule has 72 valence electrons. The van der Waals surface area contributed by atoms with Gasteiger partial charge in [-0.3, -0.25) is 4.79 Å². The quantitative estimate of drug-likeness (QED) is 0.602. The van der Waals surface area contributed by atoms with Gasteiger partial charge >= 0.3 is 0 Å². The molecule has 3 heterocycles. The van der Waals surface area contributed by atoms with Crippen molar-refractivity contribution in [1.29, 1.82) is 0 Å². The zero-order valence-electron chi connectivity index (χ0n) is 7.74. The van der Waals surface area contributed by atoms with Crippen LogP contribution in [0.25, 0.3) is 0 Å². The molecule has 3 fully saturated rings. The molecule has 0 aromatic carbocycles. The van der Waals surface area contributed by atoms with E-state index in [0.29, 0.717) is 12.1 Å². The molecule has 0 spiro atoms. The molecule has 3 saturated heterocycles. The summed E-state index contributed by atoms with van der Waals surface area (Å²) >= 11 is 0. The highest BCUT2D eigenvalue weighted by Crippen LogP contribution is 2.38. The molecule has 3 rings (SSSR count). The fourth-order valence-electron chi connectivity index (χ4n) is 2.87. The third kappa shape index (κ3) is 1.03. The lowest BCUT2D eigenvalue weighted by molar-refractivity contribution is -0.157. The largest absolute Gasteiger partial charge is 0.368 e. The van der Waals surface area contributed by atoms with Crippen LogP contribution < -0.4 is 0 Å². The maximum atomic E-state index is 11.9. The average Bonchev–Trinajstić information content (AvgIpc) is 2.58. The molecule has 3 heteroatoms. The van der Waals surface area contributed by atoms with Crippen LogP contribution in [0.15, 0.2) is 0 Å². The zero-order valence-corrected chi connectivity index (χ0v) is 7.74. The van der Waals surface area contributed by atoms with Crippen LogP contribution in [0.5, 0.6) is 0 Å². The van der Waals surface area contributed by atoms with Crippen molar-refractivity contribution >= 4 is 5.91 Å². The summed E-state index contributed by atoms with van der Waals surface area (Å²) in [6.45, 7) is 0.777. The molecule has 0 aromatic heterocycles. The Bertz CT molecular complexity index is 217. The molecule has 0 radical (unpaired) electrons. The predicted octanol–water partition coefficient (Wildman–Crippen LogP) is 0.929. The van der Waals surface area contributed by atoms with Crippen LogP contribution in [0.3, 0.4) is 0 Å². The monoisotopic (exact) mass is 181 g/mol. The highest BCUT2D eigenvalue weighted by Gasteiger charge is 2.45. The minimum Gasteiger partial charge on any atom is -0.368 e. The van der Waals surface area contributed by atoms with Gasteiger partial charge in [0.1, 0.15) is 6.10 Å².